The minimum absolute atomic E-state index is 0.577. The second-order valence-corrected chi connectivity index (χ2v) is 17.1. The van der Waals surface area contributed by atoms with E-state index in [0.29, 0.717) is 17.5 Å². The minimum Gasteiger partial charge on any atom is -0.455 e. The summed E-state index contributed by atoms with van der Waals surface area (Å²) in [5.41, 5.74) is 13.3. The smallest absolute Gasteiger partial charge is 0.164 e. The summed E-state index contributed by atoms with van der Waals surface area (Å²) in [7, 11) is 0. The number of nitrogens with zero attached hydrogens (tertiary/aromatic N) is 3. The van der Waals surface area contributed by atoms with Gasteiger partial charge < -0.3 is 4.42 Å². The highest BCUT2D eigenvalue weighted by atomic mass is 16.3. The Bertz CT molecular complexity index is 3980. The molecule has 0 aliphatic rings. The summed E-state index contributed by atoms with van der Waals surface area (Å²) in [5.74, 6) is 1.78. The minimum atomic E-state index is 0.577. The molecule has 0 N–H and O–H groups in total. The number of benzene rings is 11. The van der Waals surface area contributed by atoms with Crippen molar-refractivity contribution in [2.45, 2.75) is 0 Å². The molecule has 0 atom stereocenters. The summed E-state index contributed by atoms with van der Waals surface area (Å²) < 4.78 is 6.90. The van der Waals surface area contributed by atoms with Crippen molar-refractivity contribution in [3.05, 3.63) is 237 Å². The van der Waals surface area contributed by atoms with Gasteiger partial charge in [0, 0.05) is 33.0 Å². The van der Waals surface area contributed by atoms with Crippen LogP contribution in [0, 0.1) is 0 Å². The number of furan rings is 1. The predicted octanol–water partition coefficient (Wildman–Crippen LogP) is 16.9. The van der Waals surface area contributed by atoms with Crippen molar-refractivity contribution in [2.24, 2.45) is 0 Å². The maximum Gasteiger partial charge on any atom is 0.164 e. The van der Waals surface area contributed by atoms with Crippen LogP contribution in [0.4, 0.5) is 0 Å². The van der Waals surface area contributed by atoms with Crippen LogP contribution in [0.2, 0.25) is 0 Å². The maximum atomic E-state index is 6.90. The van der Waals surface area contributed by atoms with Crippen molar-refractivity contribution in [1.82, 2.24) is 15.0 Å². The monoisotopic (exact) mass is 853 g/mol. The Labute approximate surface area is 387 Å². The molecule has 0 bridgehead atoms. The first kappa shape index (κ1) is 38.5. The molecule has 0 spiro atoms. The summed E-state index contributed by atoms with van der Waals surface area (Å²) >= 11 is 0. The molecule has 0 amide bonds. The number of hydrogen-bond donors (Lipinski definition) is 0. The van der Waals surface area contributed by atoms with Gasteiger partial charge in [-0.15, -0.1) is 0 Å². The van der Waals surface area contributed by atoms with Gasteiger partial charge in [0.15, 0.2) is 17.5 Å². The molecule has 0 radical (unpaired) electrons. The predicted molar refractivity (Wildman–Crippen MR) is 278 cm³/mol. The van der Waals surface area contributed by atoms with E-state index < -0.39 is 0 Å². The first-order valence-corrected chi connectivity index (χ1v) is 22.7. The molecule has 11 aromatic carbocycles. The number of para-hydroxylation sites is 1. The zero-order chi connectivity index (χ0) is 44.3. The SMILES string of the molecule is c1ccc(-c2ccc(-c3nc(-c4ccc5c6ccccc6c6ccccc6c5c4)nc(-c4cccc5oc6c(-c7ccc(-c8ccccc8)c(-c8ccccc8)c7)cccc6c45)n3)cc2)cc1. The fourth-order valence-corrected chi connectivity index (χ4v) is 9.94. The summed E-state index contributed by atoms with van der Waals surface area (Å²) in [4.78, 5) is 15.9. The van der Waals surface area contributed by atoms with E-state index in [4.69, 9.17) is 19.4 Å². The van der Waals surface area contributed by atoms with Crippen molar-refractivity contribution in [2.75, 3.05) is 0 Å². The molecule has 67 heavy (non-hydrogen) atoms. The van der Waals surface area contributed by atoms with Gasteiger partial charge in [-0.3, -0.25) is 0 Å². The molecule has 312 valence electrons. The van der Waals surface area contributed by atoms with Crippen molar-refractivity contribution in [3.63, 3.8) is 0 Å². The first-order valence-electron chi connectivity index (χ1n) is 22.7. The van der Waals surface area contributed by atoms with Crippen LogP contribution < -0.4 is 0 Å². The molecule has 0 aliphatic heterocycles. The Morgan fingerprint density at radius 2 is 0.701 bits per heavy atom. The number of aromatic nitrogens is 3. The van der Waals surface area contributed by atoms with E-state index in [1.165, 1.54) is 38.1 Å². The highest BCUT2D eigenvalue weighted by Gasteiger charge is 2.21. The van der Waals surface area contributed by atoms with E-state index in [9.17, 15) is 0 Å². The Morgan fingerprint density at radius 1 is 0.239 bits per heavy atom. The third-order valence-corrected chi connectivity index (χ3v) is 13.2. The Morgan fingerprint density at radius 3 is 1.37 bits per heavy atom. The van der Waals surface area contributed by atoms with Gasteiger partial charge in [0.2, 0.25) is 0 Å². The molecular formula is C63H39N3O. The third kappa shape index (κ3) is 6.65. The molecule has 0 unspecified atom stereocenters. The van der Waals surface area contributed by atoms with E-state index in [1.807, 2.05) is 18.2 Å². The lowest BCUT2D eigenvalue weighted by Crippen LogP contribution is -2.00. The van der Waals surface area contributed by atoms with Gasteiger partial charge in [-0.25, -0.2) is 15.0 Å². The topological polar surface area (TPSA) is 51.8 Å². The van der Waals surface area contributed by atoms with Gasteiger partial charge in [-0.2, -0.15) is 0 Å². The molecule has 0 saturated heterocycles. The highest BCUT2D eigenvalue weighted by Crippen LogP contribution is 2.43. The van der Waals surface area contributed by atoms with Gasteiger partial charge in [-0.05, 0) is 89.5 Å². The lowest BCUT2D eigenvalue weighted by atomic mass is 9.90. The fourth-order valence-electron chi connectivity index (χ4n) is 9.94. The normalized spacial score (nSPS) is 11.6. The lowest BCUT2D eigenvalue weighted by molar-refractivity contribution is 0.670. The van der Waals surface area contributed by atoms with Crippen LogP contribution in [0.15, 0.2) is 241 Å². The van der Waals surface area contributed by atoms with E-state index in [1.54, 1.807) is 0 Å². The second-order valence-electron chi connectivity index (χ2n) is 17.1. The van der Waals surface area contributed by atoms with Gasteiger partial charge in [0.05, 0.1) is 0 Å². The third-order valence-electron chi connectivity index (χ3n) is 13.2. The summed E-state index contributed by atoms with van der Waals surface area (Å²) in [6.45, 7) is 0. The maximum absolute atomic E-state index is 6.90. The first-order chi connectivity index (χ1) is 33.2. The lowest BCUT2D eigenvalue weighted by Gasteiger charge is -2.13. The van der Waals surface area contributed by atoms with Crippen molar-refractivity contribution < 1.29 is 4.42 Å². The largest absolute Gasteiger partial charge is 0.455 e. The van der Waals surface area contributed by atoms with E-state index in [0.717, 1.165) is 77.4 Å². The van der Waals surface area contributed by atoms with Gasteiger partial charge in [0.25, 0.3) is 0 Å². The summed E-state index contributed by atoms with van der Waals surface area (Å²) in [6, 6.07) is 83.4. The Hall–Kier alpha value is -8.99. The molecular weight excluding hydrogens is 815 g/mol. The molecule has 0 aliphatic carbocycles. The average Bonchev–Trinajstić information content (AvgIpc) is 3.81. The number of hydrogen-bond acceptors (Lipinski definition) is 4. The van der Waals surface area contributed by atoms with Crippen LogP contribution in [-0.2, 0) is 0 Å². The van der Waals surface area contributed by atoms with Crippen molar-refractivity contribution in [3.8, 4) is 78.7 Å². The van der Waals surface area contributed by atoms with Crippen LogP contribution in [0.25, 0.3) is 133 Å². The zero-order valence-corrected chi connectivity index (χ0v) is 36.3. The standard InChI is InChI=1S/C63H39N3O/c1-4-16-40(17-5-1)41-30-32-44(33-31-41)61-64-62(46-35-37-53-51-24-11-10-22-49(51)50-23-12-13-25-52(50)57(53)39-46)66-63(65-61)55-28-15-29-58-59(55)54-27-14-26-48(60(54)67-58)45-34-36-47(42-18-6-2-7-19-42)56(38-45)43-20-8-3-9-21-43/h1-39H. The number of fused-ring (bicyclic) bond motifs is 9. The highest BCUT2D eigenvalue weighted by molar-refractivity contribution is 6.25. The Kier molecular flexibility index (Phi) is 9.14. The van der Waals surface area contributed by atoms with Crippen LogP contribution in [-0.4, -0.2) is 15.0 Å². The summed E-state index contributed by atoms with van der Waals surface area (Å²) in [5, 5.41) is 9.19. The van der Waals surface area contributed by atoms with Crippen LogP contribution in [0.3, 0.4) is 0 Å². The van der Waals surface area contributed by atoms with Gasteiger partial charge in [0.1, 0.15) is 11.2 Å². The summed E-state index contributed by atoms with van der Waals surface area (Å²) in [6.07, 6.45) is 0. The Balaban J connectivity index is 1.00. The quantitative estimate of drug-likeness (QED) is 0.150. The van der Waals surface area contributed by atoms with Gasteiger partial charge in [-0.1, -0.05) is 218 Å². The van der Waals surface area contributed by atoms with E-state index in [-0.39, 0.29) is 0 Å². The molecule has 13 aromatic rings. The van der Waals surface area contributed by atoms with Crippen LogP contribution >= 0.6 is 0 Å². The van der Waals surface area contributed by atoms with Gasteiger partial charge >= 0.3 is 0 Å². The zero-order valence-electron chi connectivity index (χ0n) is 36.3. The molecule has 2 heterocycles. The molecule has 2 aromatic heterocycles. The molecule has 0 fully saturated rings. The van der Waals surface area contributed by atoms with Crippen LogP contribution in [0.1, 0.15) is 0 Å². The van der Waals surface area contributed by atoms with E-state index >= 15 is 0 Å². The van der Waals surface area contributed by atoms with E-state index in [2.05, 4.69) is 218 Å². The second kappa shape index (κ2) is 15.9. The molecule has 13 rings (SSSR count). The molecule has 0 saturated carbocycles. The molecule has 4 nitrogen and oxygen atoms in total. The fraction of sp³-hybridized carbons (Fsp3) is 0. The average molecular weight is 854 g/mol. The van der Waals surface area contributed by atoms with Crippen molar-refractivity contribution >= 4 is 54.3 Å². The number of rotatable bonds is 7. The molecule has 4 heteroatoms. The van der Waals surface area contributed by atoms with Crippen LogP contribution in [0.5, 0.6) is 0 Å². The van der Waals surface area contributed by atoms with Crippen molar-refractivity contribution in [1.29, 1.82) is 0 Å².